The molecule has 0 radical (unpaired) electrons. The van der Waals surface area contributed by atoms with Gasteiger partial charge < -0.3 is 14.2 Å². The third-order valence-electron chi connectivity index (χ3n) is 4.42. The van der Waals surface area contributed by atoms with Crippen LogP contribution in [0.5, 0.6) is 5.88 Å². The van der Waals surface area contributed by atoms with E-state index in [0.717, 1.165) is 11.6 Å². The average molecular weight is 350 g/mol. The first-order chi connectivity index (χ1) is 12.7. The van der Waals surface area contributed by atoms with E-state index < -0.39 is 0 Å². The second-order valence-corrected chi connectivity index (χ2v) is 6.00. The lowest BCUT2D eigenvalue weighted by Gasteiger charge is -2.33. The van der Waals surface area contributed by atoms with E-state index in [4.69, 9.17) is 4.74 Å². The Kier molecular flexibility index (Phi) is 4.30. The first-order valence-electron chi connectivity index (χ1n) is 8.41. The molecule has 0 aliphatic carbocycles. The molecule has 132 valence electrons. The minimum Gasteiger partial charge on any atom is -0.469 e. The van der Waals surface area contributed by atoms with Gasteiger partial charge in [0.15, 0.2) is 11.6 Å². The van der Waals surface area contributed by atoms with Gasteiger partial charge in [-0.25, -0.2) is 4.98 Å². The molecule has 1 aliphatic heterocycles. The van der Waals surface area contributed by atoms with Crippen molar-refractivity contribution in [2.24, 2.45) is 0 Å². The number of hydrogen-bond acceptors (Lipinski definition) is 6. The summed E-state index contributed by atoms with van der Waals surface area (Å²) in [5.74, 6) is 1.98. The molecule has 0 saturated carbocycles. The summed E-state index contributed by atoms with van der Waals surface area (Å²) < 4.78 is 7.69. The second-order valence-electron chi connectivity index (χ2n) is 6.00. The number of fused-ring (bicyclic) bond motifs is 1. The van der Waals surface area contributed by atoms with Crippen LogP contribution in [0.2, 0.25) is 0 Å². The molecule has 0 fully saturated rings. The number of aromatic nitrogens is 5. The van der Waals surface area contributed by atoms with Gasteiger partial charge in [0.1, 0.15) is 6.61 Å². The van der Waals surface area contributed by atoms with Crippen molar-refractivity contribution in [2.75, 3.05) is 6.54 Å². The minimum absolute atomic E-state index is 0.0499. The van der Waals surface area contributed by atoms with E-state index in [2.05, 4.69) is 20.2 Å². The lowest BCUT2D eigenvalue weighted by molar-refractivity contribution is 0.0634. The van der Waals surface area contributed by atoms with Crippen LogP contribution in [0.15, 0.2) is 48.9 Å². The van der Waals surface area contributed by atoms with E-state index in [1.54, 1.807) is 41.7 Å². The lowest BCUT2D eigenvalue weighted by atomic mass is 10.1. The van der Waals surface area contributed by atoms with E-state index in [1.807, 2.05) is 23.6 Å². The highest BCUT2D eigenvalue weighted by atomic mass is 16.5. The van der Waals surface area contributed by atoms with Gasteiger partial charge in [-0.2, -0.15) is 0 Å². The third-order valence-corrected chi connectivity index (χ3v) is 4.42. The average Bonchev–Trinajstić information content (AvgIpc) is 3.12. The molecule has 0 aromatic carbocycles. The topological polar surface area (TPSA) is 86.0 Å². The molecule has 3 aromatic heterocycles. The summed E-state index contributed by atoms with van der Waals surface area (Å²) in [5.41, 5.74) is 0.575. The van der Waals surface area contributed by atoms with Crippen molar-refractivity contribution in [3.05, 3.63) is 66.1 Å². The Morgan fingerprint density at radius 1 is 1.19 bits per heavy atom. The fourth-order valence-corrected chi connectivity index (χ4v) is 3.05. The van der Waals surface area contributed by atoms with Crippen LogP contribution in [0.25, 0.3) is 0 Å². The Bertz CT molecular complexity index is 897. The van der Waals surface area contributed by atoms with Crippen LogP contribution >= 0.6 is 0 Å². The van der Waals surface area contributed by atoms with Crippen LogP contribution in [0.4, 0.5) is 0 Å². The van der Waals surface area contributed by atoms with Gasteiger partial charge in [-0.15, -0.1) is 10.2 Å². The molecule has 26 heavy (non-hydrogen) atoms. The zero-order valence-electron chi connectivity index (χ0n) is 14.3. The van der Waals surface area contributed by atoms with Crippen LogP contribution in [0.3, 0.4) is 0 Å². The predicted molar refractivity (Wildman–Crippen MR) is 92.3 cm³/mol. The van der Waals surface area contributed by atoms with E-state index in [0.29, 0.717) is 24.5 Å². The van der Waals surface area contributed by atoms with E-state index in [9.17, 15) is 4.79 Å². The number of ether oxygens (including phenoxy) is 1. The van der Waals surface area contributed by atoms with Crippen LogP contribution in [-0.2, 0) is 13.2 Å². The molecule has 0 bridgehead atoms. The van der Waals surface area contributed by atoms with Gasteiger partial charge in [0.25, 0.3) is 5.91 Å². The third kappa shape index (κ3) is 3.01. The van der Waals surface area contributed by atoms with Gasteiger partial charge in [-0.1, -0.05) is 6.07 Å². The molecule has 0 unspecified atom stereocenters. The summed E-state index contributed by atoms with van der Waals surface area (Å²) in [7, 11) is 0. The van der Waals surface area contributed by atoms with Gasteiger partial charge in [-0.3, -0.25) is 9.78 Å². The number of pyridine rings is 2. The van der Waals surface area contributed by atoms with Crippen LogP contribution in [0.1, 0.15) is 35.0 Å². The fourth-order valence-electron chi connectivity index (χ4n) is 3.05. The van der Waals surface area contributed by atoms with Gasteiger partial charge in [0.2, 0.25) is 5.88 Å². The van der Waals surface area contributed by atoms with Crippen LogP contribution in [0, 0.1) is 0 Å². The molecule has 3 aromatic rings. The summed E-state index contributed by atoms with van der Waals surface area (Å²) >= 11 is 0. The molecule has 1 amide bonds. The molecule has 4 rings (SSSR count). The Balaban J connectivity index is 1.50. The highest BCUT2D eigenvalue weighted by molar-refractivity contribution is 5.94. The SMILES string of the molecule is C[C@@H]1c2nnc(COc3ccccn3)n2CCN1C(=O)c1cccnc1. The largest absolute Gasteiger partial charge is 0.469 e. The highest BCUT2D eigenvalue weighted by Gasteiger charge is 2.31. The molecular weight excluding hydrogens is 332 g/mol. The second kappa shape index (κ2) is 6.91. The molecule has 1 atom stereocenters. The van der Waals surface area contributed by atoms with E-state index >= 15 is 0 Å². The molecule has 8 nitrogen and oxygen atoms in total. The van der Waals surface area contributed by atoms with Crippen molar-refractivity contribution in [2.45, 2.75) is 26.1 Å². The quantitative estimate of drug-likeness (QED) is 0.714. The summed E-state index contributed by atoms with van der Waals surface area (Å²) in [6.45, 7) is 3.45. The maximum Gasteiger partial charge on any atom is 0.256 e. The number of carbonyl (C=O) groups is 1. The van der Waals surface area contributed by atoms with Crippen molar-refractivity contribution in [3.63, 3.8) is 0 Å². The molecule has 0 N–H and O–H groups in total. The minimum atomic E-state index is -0.174. The first-order valence-corrected chi connectivity index (χ1v) is 8.41. The number of amides is 1. The maximum atomic E-state index is 12.7. The molecule has 1 aliphatic rings. The highest BCUT2D eigenvalue weighted by Crippen LogP contribution is 2.26. The predicted octanol–water partition coefficient (Wildman–Crippen LogP) is 1.86. The van der Waals surface area contributed by atoms with Crippen molar-refractivity contribution >= 4 is 5.91 Å². The van der Waals surface area contributed by atoms with E-state index in [1.165, 1.54) is 0 Å². The van der Waals surface area contributed by atoms with Crippen molar-refractivity contribution < 1.29 is 9.53 Å². The molecule has 8 heteroatoms. The van der Waals surface area contributed by atoms with Gasteiger partial charge in [-0.05, 0) is 25.1 Å². The summed E-state index contributed by atoms with van der Waals surface area (Å²) in [4.78, 5) is 22.7. The fraction of sp³-hybridized carbons (Fsp3) is 0.278. The summed E-state index contributed by atoms with van der Waals surface area (Å²) in [6, 6.07) is 8.86. The first kappa shape index (κ1) is 16.2. The number of carbonyl (C=O) groups excluding carboxylic acids is 1. The zero-order chi connectivity index (χ0) is 17.9. The van der Waals surface area contributed by atoms with Gasteiger partial charge in [0.05, 0.1) is 11.6 Å². The number of hydrogen-bond donors (Lipinski definition) is 0. The van der Waals surface area contributed by atoms with Gasteiger partial charge >= 0.3 is 0 Å². The van der Waals surface area contributed by atoms with Crippen molar-refractivity contribution in [3.8, 4) is 5.88 Å². The Morgan fingerprint density at radius 3 is 2.88 bits per heavy atom. The molecule has 4 heterocycles. The van der Waals surface area contributed by atoms with Crippen LogP contribution in [-0.4, -0.2) is 42.1 Å². The molecule has 0 saturated heterocycles. The summed E-state index contributed by atoms with van der Waals surface area (Å²) in [6.07, 6.45) is 4.92. The summed E-state index contributed by atoms with van der Waals surface area (Å²) in [5, 5.41) is 8.52. The molecule has 0 spiro atoms. The molecular formula is C18H18N6O2. The Labute approximate surface area is 150 Å². The maximum absolute atomic E-state index is 12.7. The Morgan fingerprint density at radius 2 is 2.12 bits per heavy atom. The monoisotopic (exact) mass is 350 g/mol. The normalized spacial score (nSPS) is 16.2. The van der Waals surface area contributed by atoms with Crippen molar-refractivity contribution in [1.29, 1.82) is 0 Å². The number of nitrogens with zero attached hydrogens (tertiary/aromatic N) is 6. The standard InChI is InChI=1S/C18H18N6O2/c1-13-17-22-21-15(12-26-16-6-2-3-8-20-16)24(17)10-9-23(13)18(25)14-5-4-7-19-11-14/h2-8,11,13H,9-10,12H2,1H3/t13-/m1/s1. The smallest absolute Gasteiger partial charge is 0.256 e. The van der Waals surface area contributed by atoms with Gasteiger partial charge in [0, 0.05) is 37.7 Å². The lowest BCUT2D eigenvalue weighted by Crippen LogP contribution is -2.41. The van der Waals surface area contributed by atoms with Crippen LogP contribution < -0.4 is 4.74 Å². The number of rotatable bonds is 4. The van der Waals surface area contributed by atoms with E-state index in [-0.39, 0.29) is 18.6 Å². The Hall–Kier alpha value is -3.29. The zero-order valence-corrected chi connectivity index (χ0v) is 14.3. The van der Waals surface area contributed by atoms with Crippen molar-refractivity contribution in [1.82, 2.24) is 29.6 Å².